The van der Waals surface area contributed by atoms with Gasteiger partial charge < -0.3 is 10.2 Å². The minimum absolute atomic E-state index is 0.0272. The monoisotopic (exact) mass is 394 g/mol. The molecule has 5 aliphatic rings. The summed E-state index contributed by atoms with van der Waals surface area (Å²) in [4.78, 5) is 40.3. The molecule has 6 rings (SSSR count). The summed E-state index contributed by atoms with van der Waals surface area (Å²) < 4.78 is 0. The Kier molecular flexibility index (Phi) is 4.52. The van der Waals surface area contributed by atoms with Gasteiger partial charge in [0.15, 0.2) is 5.78 Å². The average Bonchev–Trinajstić information content (AvgIpc) is 3.16. The van der Waals surface area contributed by atoms with Gasteiger partial charge in [0.25, 0.3) is 0 Å². The molecule has 1 heterocycles. The lowest BCUT2D eigenvalue weighted by Gasteiger charge is -2.56. The number of benzene rings is 1. The molecule has 1 aromatic rings. The number of carbonyl (C=O) groups is 3. The number of amides is 2. The molecular weight excluding hydrogens is 364 g/mol. The highest BCUT2D eigenvalue weighted by molar-refractivity contribution is 6.00. The molecule has 0 aromatic heterocycles. The van der Waals surface area contributed by atoms with Crippen LogP contribution in [0.4, 0.5) is 5.69 Å². The minimum atomic E-state index is -0.392. The van der Waals surface area contributed by atoms with Crippen molar-refractivity contribution in [2.75, 3.05) is 11.9 Å². The topological polar surface area (TPSA) is 66.5 Å². The first-order chi connectivity index (χ1) is 13.9. The molecule has 5 nitrogen and oxygen atoms in total. The van der Waals surface area contributed by atoms with E-state index < -0.39 is 6.04 Å². The van der Waals surface area contributed by atoms with Gasteiger partial charge in [-0.15, -0.1) is 0 Å². The van der Waals surface area contributed by atoms with Gasteiger partial charge in [-0.2, -0.15) is 0 Å². The van der Waals surface area contributed by atoms with Crippen LogP contribution in [0.2, 0.25) is 0 Å². The molecule has 0 radical (unpaired) electrons. The quantitative estimate of drug-likeness (QED) is 0.784. The van der Waals surface area contributed by atoms with Gasteiger partial charge in [-0.1, -0.05) is 12.1 Å². The van der Waals surface area contributed by atoms with Gasteiger partial charge in [0.2, 0.25) is 11.8 Å². The number of rotatable bonds is 4. The molecule has 4 aliphatic carbocycles. The zero-order valence-corrected chi connectivity index (χ0v) is 17.2. The van der Waals surface area contributed by atoms with Crippen molar-refractivity contribution in [2.24, 2.45) is 23.2 Å². The molecule has 1 N–H and O–H groups in total. The largest absolute Gasteiger partial charge is 0.330 e. The first-order valence-corrected chi connectivity index (χ1v) is 11.2. The van der Waals surface area contributed by atoms with Crippen molar-refractivity contribution < 1.29 is 14.4 Å². The van der Waals surface area contributed by atoms with Gasteiger partial charge in [0, 0.05) is 17.8 Å². The second kappa shape index (κ2) is 6.96. The maximum absolute atomic E-state index is 13.7. The van der Waals surface area contributed by atoms with Crippen molar-refractivity contribution in [1.82, 2.24) is 4.90 Å². The lowest BCUT2D eigenvalue weighted by molar-refractivity contribution is -0.160. The molecule has 29 heavy (non-hydrogen) atoms. The third-order valence-corrected chi connectivity index (χ3v) is 7.84. The lowest BCUT2D eigenvalue weighted by Crippen LogP contribution is -2.56. The molecule has 0 unspecified atom stereocenters. The Balaban J connectivity index is 1.32. The summed E-state index contributed by atoms with van der Waals surface area (Å²) in [5.41, 5.74) is 0.999. The smallest absolute Gasteiger partial charge is 0.247 e. The second-order valence-electron chi connectivity index (χ2n) is 9.98. The molecule has 4 saturated carbocycles. The van der Waals surface area contributed by atoms with E-state index in [1.165, 1.54) is 26.2 Å². The second-order valence-corrected chi connectivity index (χ2v) is 9.98. The first-order valence-electron chi connectivity index (χ1n) is 11.2. The van der Waals surface area contributed by atoms with E-state index in [9.17, 15) is 14.4 Å². The third kappa shape index (κ3) is 3.28. The van der Waals surface area contributed by atoms with E-state index in [0.29, 0.717) is 17.8 Å². The van der Waals surface area contributed by atoms with Crippen LogP contribution in [0, 0.1) is 23.2 Å². The zero-order valence-electron chi connectivity index (χ0n) is 17.2. The number of nitrogens with one attached hydrogen (secondary N) is 1. The number of Topliss-reactive ketones (excluding diaryl/α,β-unsaturated/α-hetero) is 1. The summed E-state index contributed by atoms with van der Waals surface area (Å²) in [7, 11) is 0. The van der Waals surface area contributed by atoms with Crippen LogP contribution in [-0.4, -0.2) is 35.1 Å². The number of likely N-dealkylation sites (tertiary alicyclic amines) is 1. The van der Waals surface area contributed by atoms with Crippen LogP contribution in [0.15, 0.2) is 24.3 Å². The summed E-state index contributed by atoms with van der Waals surface area (Å²) >= 11 is 0. The highest BCUT2D eigenvalue weighted by Gasteiger charge is 2.56. The Labute approximate surface area is 172 Å². The van der Waals surface area contributed by atoms with Crippen molar-refractivity contribution in [3.8, 4) is 0 Å². The fourth-order valence-corrected chi connectivity index (χ4v) is 7.00. The number of ketones is 1. The van der Waals surface area contributed by atoms with Crippen molar-refractivity contribution in [3.63, 3.8) is 0 Å². The Morgan fingerprint density at radius 3 is 2.31 bits per heavy atom. The SMILES string of the molecule is CC(=O)c1cccc(NC(=O)[C@@H]2CCCN2C(=O)C23CC4CC(CC(C4)C2)C3)c1. The summed E-state index contributed by atoms with van der Waals surface area (Å²) in [6.07, 6.45) is 8.62. The van der Waals surface area contributed by atoms with Gasteiger partial charge in [0.1, 0.15) is 6.04 Å². The molecular formula is C24H30N2O3. The number of nitrogens with zero attached hydrogens (tertiary/aromatic N) is 1. The van der Waals surface area contributed by atoms with Crippen molar-refractivity contribution in [2.45, 2.75) is 64.3 Å². The number of anilines is 1. The predicted molar refractivity (Wildman–Crippen MR) is 110 cm³/mol. The maximum Gasteiger partial charge on any atom is 0.247 e. The maximum atomic E-state index is 13.7. The highest BCUT2D eigenvalue weighted by atomic mass is 16.2. The van der Waals surface area contributed by atoms with E-state index in [-0.39, 0.29) is 23.0 Å². The number of hydrogen-bond donors (Lipinski definition) is 1. The van der Waals surface area contributed by atoms with Crippen molar-refractivity contribution >= 4 is 23.3 Å². The number of hydrogen-bond acceptors (Lipinski definition) is 3. The summed E-state index contributed by atoms with van der Waals surface area (Å²) in [6, 6.07) is 6.64. The molecule has 2 amide bonds. The van der Waals surface area contributed by atoms with Gasteiger partial charge in [-0.25, -0.2) is 0 Å². The van der Waals surface area contributed by atoms with Crippen molar-refractivity contribution in [1.29, 1.82) is 0 Å². The van der Waals surface area contributed by atoms with E-state index in [1.54, 1.807) is 24.3 Å². The number of carbonyl (C=O) groups excluding carboxylic acids is 3. The summed E-state index contributed by atoms with van der Waals surface area (Å²) in [5, 5.41) is 2.95. The molecule has 4 bridgehead atoms. The van der Waals surface area contributed by atoms with Crippen LogP contribution < -0.4 is 5.32 Å². The highest BCUT2D eigenvalue weighted by Crippen LogP contribution is 2.60. The van der Waals surface area contributed by atoms with Gasteiger partial charge in [-0.05, 0) is 88.2 Å². The zero-order chi connectivity index (χ0) is 20.2. The predicted octanol–water partition coefficient (Wildman–Crippen LogP) is 4.04. The Morgan fingerprint density at radius 2 is 1.69 bits per heavy atom. The first kappa shape index (κ1) is 18.8. The van der Waals surface area contributed by atoms with Crippen LogP contribution >= 0.6 is 0 Å². The Morgan fingerprint density at radius 1 is 1.03 bits per heavy atom. The van der Waals surface area contributed by atoms with E-state index >= 15 is 0 Å². The molecule has 154 valence electrons. The molecule has 0 spiro atoms. The van der Waals surface area contributed by atoms with E-state index in [0.717, 1.165) is 49.9 Å². The molecule has 5 fully saturated rings. The fraction of sp³-hybridized carbons (Fsp3) is 0.625. The van der Waals surface area contributed by atoms with Crippen LogP contribution in [-0.2, 0) is 9.59 Å². The summed E-state index contributed by atoms with van der Waals surface area (Å²) in [5.74, 6) is 2.24. The van der Waals surface area contributed by atoms with E-state index in [4.69, 9.17) is 0 Å². The van der Waals surface area contributed by atoms with E-state index in [1.807, 2.05) is 4.90 Å². The summed E-state index contributed by atoms with van der Waals surface area (Å²) in [6.45, 7) is 2.20. The standard InChI is InChI=1S/C24H30N2O3/c1-15(27)19-4-2-5-20(11-19)25-22(28)21-6-3-7-26(21)23(29)24-12-16-8-17(13-24)10-18(9-16)14-24/h2,4-5,11,16-18,21H,3,6-10,12-14H2,1H3,(H,25,28)/t16?,17?,18?,21-,24?/m0/s1. The minimum Gasteiger partial charge on any atom is -0.330 e. The lowest BCUT2D eigenvalue weighted by atomic mass is 9.49. The van der Waals surface area contributed by atoms with Gasteiger partial charge in [-0.3, -0.25) is 14.4 Å². The van der Waals surface area contributed by atoms with Crippen molar-refractivity contribution in [3.05, 3.63) is 29.8 Å². The average molecular weight is 395 g/mol. The Bertz CT molecular complexity index is 826. The van der Waals surface area contributed by atoms with Crippen LogP contribution in [0.25, 0.3) is 0 Å². The third-order valence-electron chi connectivity index (χ3n) is 7.84. The van der Waals surface area contributed by atoms with Gasteiger partial charge >= 0.3 is 0 Å². The van der Waals surface area contributed by atoms with E-state index in [2.05, 4.69) is 5.32 Å². The molecule has 5 heteroatoms. The van der Waals surface area contributed by atoms with Crippen LogP contribution in [0.5, 0.6) is 0 Å². The van der Waals surface area contributed by atoms with Gasteiger partial charge in [0.05, 0.1) is 5.41 Å². The fourth-order valence-electron chi connectivity index (χ4n) is 7.00. The normalized spacial score (nSPS) is 35.0. The molecule has 1 atom stereocenters. The molecule has 1 aliphatic heterocycles. The van der Waals surface area contributed by atoms with Crippen LogP contribution in [0.1, 0.15) is 68.6 Å². The molecule has 1 saturated heterocycles. The Hall–Kier alpha value is -2.17. The molecule has 1 aromatic carbocycles. The van der Waals surface area contributed by atoms with Crippen LogP contribution in [0.3, 0.4) is 0 Å².